The Bertz CT molecular complexity index is 44.9. The minimum absolute atomic E-state index is 0.120. The largest absolute Gasteiger partial charge is 0.495 e. The van der Waals surface area contributed by atoms with Crippen molar-refractivity contribution in [1.82, 2.24) is 0 Å². The Morgan fingerprint density at radius 1 is 2.00 bits per heavy atom. The fourth-order valence-electron chi connectivity index (χ4n) is 0. The second-order valence-electron chi connectivity index (χ2n) is 0.714. The van der Waals surface area contributed by atoms with Crippen molar-refractivity contribution in [3.63, 3.8) is 0 Å². The summed E-state index contributed by atoms with van der Waals surface area (Å²) in [6, 6.07) is 0. The van der Waals surface area contributed by atoms with E-state index in [1.165, 1.54) is 6.08 Å². The normalized spacial score (nSPS) is 11.8. The van der Waals surface area contributed by atoms with Crippen LogP contribution < -0.4 is 5.73 Å². The molecule has 0 amide bonds. The maximum absolute atomic E-state index is 8.00. The molecule has 0 spiro atoms. The Morgan fingerprint density at radius 2 is 2.20 bits per heavy atom. The minimum Gasteiger partial charge on any atom is -0.495 e. The van der Waals surface area contributed by atoms with E-state index in [9.17, 15) is 0 Å². The van der Waals surface area contributed by atoms with Crippen LogP contribution in [0.25, 0.3) is 0 Å². The SMILES string of the molecule is CC=C(N)O. The van der Waals surface area contributed by atoms with Crippen LogP contribution in [0.5, 0.6) is 0 Å². The van der Waals surface area contributed by atoms with Gasteiger partial charge in [-0.3, -0.25) is 0 Å². The van der Waals surface area contributed by atoms with Gasteiger partial charge in [-0.2, -0.15) is 0 Å². The molecule has 0 aliphatic heterocycles. The van der Waals surface area contributed by atoms with E-state index >= 15 is 0 Å². The number of hydrogen-bond acceptors (Lipinski definition) is 2. The van der Waals surface area contributed by atoms with Crippen LogP contribution in [-0.4, -0.2) is 5.11 Å². The van der Waals surface area contributed by atoms with Gasteiger partial charge in [-0.15, -0.1) is 0 Å². The van der Waals surface area contributed by atoms with Gasteiger partial charge in [-0.1, -0.05) is 0 Å². The van der Waals surface area contributed by atoms with Gasteiger partial charge in [0.2, 0.25) is 0 Å². The Morgan fingerprint density at radius 3 is 2.20 bits per heavy atom. The first-order valence-corrected chi connectivity index (χ1v) is 1.38. The first-order chi connectivity index (χ1) is 2.27. The lowest BCUT2D eigenvalue weighted by molar-refractivity contribution is 0.404. The lowest BCUT2D eigenvalue weighted by Crippen LogP contribution is -1.91. The third-order valence-electron chi connectivity index (χ3n) is 0.296. The highest BCUT2D eigenvalue weighted by Gasteiger charge is 1.63. The van der Waals surface area contributed by atoms with Crippen molar-refractivity contribution >= 4 is 0 Å². The molecule has 2 heteroatoms. The number of aliphatic hydroxyl groups excluding tert-OH is 1. The van der Waals surface area contributed by atoms with Crippen LogP contribution in [-0.2, 0) is 0 Å². The molecule has 0 aromatic carbocycles. The van der Waals surface area contributed by atoms with E-state index in [-0.39, 0.29) is 5.88 Å². The molecular formula is C3H7NO. The monoisotopic (exact) mass is 73.1 g/mol. The molecule has 0 fully saturated rings. The number of hydrogen-bond donors (Lipinski definition) is 2. The number of nitrogens with two attached hydrogens (primary N) is 1. The molecule has 0 radical (unpaired) electrons. The van der Waals surface area contributed by atoms with Gasteiger partial charge in [0.1, 0.15) is 0 Å². The van der Waals surface area contributed by atoms with Crippen molar-refractivity contribution in [2.24, 2.45) is 5.73 Å². The lowest BCUT2D eigenvalue weighted by Gasteiger charge is -1.76. The molecule has 3 N–H and O–H groups in total. The third-order valence-corrected chi connectivity index (χ3v) is 0.296. The Balaban J connectivity index is 3.14. The molecule has 0 atom stereocenters. The van der Waals surface area contributed by atoms with Crippen molar-refractivity contribution in [3.05, 3.63) is 12.0 Å². The molecule has 0 heterocycles. The molecule has 2 nitrogen and oxygen atoms in total. The Labute approximate surface area is 30.9 Å². The van der Waals surface area contributed by atoms with Crippen LogP contribution in [0.3, 0.4) is 0 Å². The summed E-state index contributed by atoms with van der Waals surface area (Å²) in [6.45, 7) is 1.66. The lowest BCUT2D eigenvalue weighted by atomic mass is 10.7. The molecular weight excluding hydrogens is 66.0 g/mol. The zero-order valence-electron chi connectivity index (χ0n) is 3.10. The fraction of sp³-hybridized carbons (Fsp3) is 0.333. The van der Waals surface area contributed by atoms with Gasteiger partial charge in [-0.05, 0) is 13.0 Å². The quantitative estimate of drug-likeness (QED) is 0.407. The molecule has 30 valence electrons. The van der Waals surface area contributed by atoms with E-state index in [1.807, 2.05) is 0 Å². The molecule has 0 aromatic heterocycles. The van der Waals surface area contributed by atoms with E-state index in [0.717, 1.165) is 0 Å². The van der Waals surface area contributed by atoms with Crippen LogP contribution in [0.4, 0.5) is 0 Å². The molecule has 0 saturated carbocycles. The maximum atomic E-state index is 8.00. The van der Waals surface area contributed by atoms with E-state index in [1.54, 1.807) is 6.92 Å². The molecule has 0 aliphatic rings. The van der Waals surface area contributed by atoms with Crippen molar-refractivity contribution < 1.29 is 5.11 Å². The van der Waals surface area contributed by atoms with Gasteiger partial charge in [-0.25, -0.2) is 0 Å². The summed E-state index contributed by atoms with van der Waals surface area (Å²) >= 11 is 0. The van der Waals surface area contributed by atoms with Crippen LogP contribution in [0.2, 0.25) is 0 Å². The highest BCUT2D eigenvalue weighted by molar-refractivity contribution is 4.77. The predicted octanol–water partition coefficient (Wildman–Crippen LogP) is 0.364. The third kappa shape index (κ3) is 3.34. The first-order valence-electron chi connectivity index (χ1n) is 1.38. The topological polar surface area (TPSA) is 46.2 Å². The number of rotatable bonds is 0. The predicted molar refractivity (Wildman–Crippen MR) is 20.6 cm³/mol. The van der Waals surface area contributed by atoms with Crippen molar-refractivity contribution in [2.45, 2.75) is 6.92 Å². The highest BCUT2D eigenvalue weighted by Crippen LogP contribution is 1.65. The second kappa shape index (κ2) is 1.64. The molecule has 0 aliphatic carbocycles. The standard InChI is InChI=1S/C3H7NO/c1-2-3(4)5/h2,5H,4H2,1H3. The van der Waals surface area contributed by atoms with Gasteiger partial charge in [0, 0.05) is 0 Å². The fourth-order valence-corrected chi connectivity index (χ4v) is 0. The van der Waals surface area contributed by atoms with Crippen molar-refractivity contribution in [3.8, 4) is 0 Å². The Kier molecular flexibility index (Phi) is 1.42. The average molecular weight is 73.1 g/mol. The van der Waals surface area contributed by atoms with Gasteiger partial charge in [0.05, 0.1) is 0 Å². The molecule has 0 aromatic rings. The molecule has 0 bridgehead atoms. The van der Waals surface area contributed by atoms with E-state index in [0.29, 0.717) is 0 Å². The molecule has 0 rings (SSSR count). The summed E-state index contributed by atoms with van der Waals surface area (Å²) < 4.78 is 0. The van der Waals surface area contributed by atoms with E-state index in [4.69, 9.17) is 10.8 Å². The Hall–Kier alpha value is -0.660. The molecule has 0 saturated heterocycles. The summed E-state index contributed by atoms with van der Waals surface area (Å²) in [7, 11) is 0. The summed E-state index contributed by atoms with van der Waals surface area (Å²) in [4.78, 5) is 0. The zero-order chi connectivity index (χ0) is 4.28. The van der Waals surface area contributed by atoms with Crippen LogP contribution in [0.1, 0.15) is 6.92 Å². The molecule has 5 heavy (non-hydrogen) atoms. The highest BCUT2D eigenvalue weighted by atomic mass is 16.3. The van der Waals surface area contributed by atoms with Crippen LogP contribution in [0.15, 0.2) is 12.0 Å². The number of allylic oxidation sites excluding steroid dienone is 1. The minimum atomic E-state index is -0.120. The first kappa shape index (κ1) is 4.34. The van der Waals surface area contributed by atoms with Gasteiger partial charge in [0.15, 0.2) is 5.88 Å². The van der Waals surface area contributed by atoms with Gasteiger partial charge < -0.3 is 10.8 Å². The summed E-state index contributed by atoms with van der Waals surface area (Å²) in [6.07, 6.45) is 1.42. The van der Waals surface area contributed by atoms with Crippen molar-refractivity contribution in [1.29, 1.82) is 0 Å². The summed E-state index contributed by atoms with van der Waals surface area (Å²) in [5.41, 5.74) is 4.71. The van der Waals surface area contributed by atoms with Gasteiger partial charge in [0.25, 0.3) is 0 Å². The van der Waals surface area contributed by atoms with E-state index in [2.05, 4.69) is 0 Å². The maximum Gasteiger partial charge on any atom is 0.176 e. The number of aliphatic hydroxyl groups is 1. The summed E-state index contributed by atoms with van der Waals surface area (Å²) in [5, 5.41) is 8.00. The smallest absolute Gasteiger partial charge is 0.176 e. The molecule has 0 unspecified atom stereocenters. The van der Waals surface area contributed by atoms with E-state index < -0.39 is 0 Å². The summed E-state index contributed by atoms with van der Waals surface area (Å²) in [5.74, 6) is -0.120. The van der Waals surface area contributed by atoms with Crippen molar-refractivity contribution in [2.75, 3.05) is 0 Å². The van der Waals surface area contributed by atoms with Crippen LogP contribution >= 0.6 is 0 Å². The van der Waals surface area contributed by atoms with Crippen LogP contribution in [0, 0.1) is 0 Å². The average Bonchev–Trinajstić information content (AvgIpc) is 1.38. The van der Waals surface area contributed by atoms with Gasteiger partial charge >= 0.3 is 0 Å². The zero-order valence-corrected chi connectivity index (χ0v) is 3.10. The second-order valence-corrected chi connectivity index (χ2v) is 0.714.